The quantitative estimate of drug-likeness (QED) is 0.863. The molecular formula is C19H28BNO2. The van der Waals surface area contributed by atoms with Crippen LogP contribution in [0.4, 0.5) is 0 Å². The number of rotatable bonds is 4. The first-order valence-corrected chi connectivity index (χ1v) is 8.69. The normalized spacial score (nSPS) is 26.3. The molecule has 2 aliphatic rings. The molecule has 4 heteroatoms. The molecule has 0 radical (unpaired) electrons. The topological polar surface area (TPSA) is 30.5 Å². The zero-order valence-electron chi connectivity index (χ0n) is 14.8. The number of hydrogen-bond donors (Lipinski definition) is 1. The summed E-state index contributed by atoms with van der Waals surface area (Å²) in [6, 6.07) is 8.84. The Balaban J connectivity index is 1.58. The van der Waals surface area contributed by atoms with Gasteiger partial charge in [0, 0.05) is 0 Å². The van der Waals surface area contributed by atoms with Gasteiger partial charge in [-0.3, -0.25) is 0 Å². The average Bonchev–Trinajstić information content (AvgIpc) is 3.05. The van der Waals surface area contributed by atoms with E-state index in [0.717, 1.165) is 12.5 Å². The van der Waals surface area contributed by atoms with Crippen molar-refractivity contribution in [3.63, 3.8) is 0 Å². The monoisotopic (exact) mass is 313 g/mol. The van der Waals surface area contributed by atoms with Crippen molar-refractivity contribution in [1.82, 2.24) is 5.32 Å². The van der Waals surface area contributed by atoms with E-state index in [0.29, 0.717) is 0 Å². The summed E-state index contributed by atoms with van der Waals surface area (Å²) in [5.74, 6) is 2.80. The van der Waals surface area contributed by atoms with E-state index in [2.05, 4.69) is 63.4 Å². The van der Waals surface area contributed by atoms with E-state index < -0.39 is 0 Å². The third-order valence-electron chi connectivity index (χ3n) is 5.38. The molecule has 2 aliphatic heterocycles. The lowest BCUT2D eigenvalue weighted by atomic mass is 9.89. The highest BCUT2D eigenvalue weighted by atomic mass is 16.7. The SMILES string of the molecule is CC1(C)OB(/C=C/c2ccc(CC3CCNC3)cc2)OC1(C)C. The molecule has 2 fully saturated rings. The largest absolute Gasteiger partial charge is 0.487 e. The molecule has 23 heavy (non-hydrogen) atoms. The lowest BCUT2D eigenvalue weighted by molar-refractivity contribution is 0.00578. The van der Waals surface area contributed by atoms with Crippen molar-refractivity contribution in [3.05, 3.63) is 41.4 Å². The average molecular weight is 313 g/mol. The molecule has 1 unspecified atom stereocenters. The summed E-state index contributed by atoms with van der Waals surface area (Å²) < 4.78 is 12.0. The van der Waals surface area contributed by atoms with Crippen molar-refractivity contribution in [2.24, 2.45) is 5.92 Å². The van der Waals surface area contributed by atoms with Crippen LogP contribution in [-0.2, 0) is 15.7 Å². The second-order valence-electron chi connectivity index (χ2n) is 7.79. The van der Waals surface area contributed by atoms with E-state index in [9.17, 15) is 0 Å². The molecule has 1 aromatic carbocycles. The Morgan fingerprint density at radius 2 is 1.78 bits per heavy atom. The first kappa shape index (κ1) is 16.8. The molecule has 1 aromatic rings. The molecule has 0 spiro atoms. The molecule has 0 bridgehead atoms. The van der Waals surface area contributed by atoms with Gasteiger partial charge in [0.05, 0.1) is 11.2 Å². The summed E-state index contributed by atoms with van der Waals surface area (Å²) in [6.07, 6.45) is 4.56. The van der Waals surface area contributed by atoms with E-state index in [4.69, 9.17) is 9.31 Å². The Morgan fingerprint density at radius 3 is 2.35 bits per heavy atom. The minimum Gasteiger partial charge on any atom is -0.400 e. The summed E-state index contributed by atoms with van der Waals surface area (Å²) >= 11 is 0. The van der Waals surface area contributed by atoms with Gasteiger partial charge in [-0.25, -0.2) is 0 Å². The van der Waals surface area contributed by atoms with Crippen LogP contribution in [0.1, 0.15) is 45.2 Å². The van der Waals surface area contributed by atoms with Crippen LogP contribution in [0, 0.1) is 5.92 Å². The van der Waals surface area contributed by atoms with E-state index >= 15 is 0 Å². The first-order chi connectivity index (χ1) is 10.9. The zero-order valence-corrected chi connectivity index (χ0v) is 14.8. The third-order valence-corrected chi connectivity index (χ3v) is 5.38. The minimum absolute atomic E-state index is 0.274. The molecule has 2 heterocycles. The fraction of sp³-hybridized carbons (Fsp3) is 0.579. The van der Waals surface area contributed by atoms with Crippen LogP contribution >= 0.6 is 0 Å². The summed E-state index contributed by atoms with van der Waals surface area (Å²) in [4.78, 5) is 0. The van der Waals surface area contributed by atoms with Gasteiger partial charge in [-0.05, 0) is 70.7 Å². The summed E-state index contributed by atoms with van der Waals surface area (Å²) in [6.45, 7) is 10.6. The molecule has 3 rings (SSSR count). The van der Waals surface area contributed by atoms with Crippen LogP contribution in [-0.4, -0.2) is 31.4 Å². The highest BCUT2D eigenvalue weighted by Gasteiger charge is 2.49. The molecule has 1 N–H and O–H groups in total. The first-order valence-electron chi connectivity index (χ1n) is 8.69. The van der Waals surface area contributed by atoms with Crippen LogP contribution in [0.25, 0.3) is 6.08 Å². The van der Waals surface area contributed by atoms with Crippen LogP contribution in [0.3, 0.4) is 0 Å². The van der Waals surface area contributed by atoms with Crippen molar-refractivity contribution < 1.29 is 9.31 Å². The van der Waals surface area contributed by atoms with Gasteiger partial charge in [-0.15, -0.1) is 0 Å². The van der Waals surface area contributed by atoms with Gasteiger partial charge >= 0.3 is 7.12 Å². The number of benzene rings is 1. The fourth-order valence-electron chi connectivity index (χ4n) is 3.14. The van der Waals surface area contributed by atoms with E-state index in [-0.39, 0.29) is 18.3 Å². The highest BCUT2D eigenvalue weighted by molar-refractivity contribution is 6.52. The Hall–Kier alpha value is -1.10. The van der Waals surface area contributed by atoms with E-state index in [1.807, 2.05) is 5.98 Å². The predicted molar refractivity (Wildman–Crippen MR) is 96.2 cm³/mol. The van der Waals surface area contributed by atoms with Crippen molar-refractivity contribution in [3.8, 4) is 0 Å². The molecule has 3 nitrogen and oxygen atoms in total. The fourth-order valence-corrected chi connectivity index (χ4v) is 3.14. The molecule has 0 amide bonds. The van der Waals surface area contributed by atoms with E-state index in [1.54, 1.807) is 0 Å². The molecule has 0 saturated carbocycles. The number of hydrogen-bond acceptors (Lipinski definition) is 3. The highest BCUT2D eigenvalue weighted by Crippen LogP contribution is 2.37. The smallest absolute Gasteiger partial charge is 0.400 e. The van der Waals surface area contributed by atoms with Crippen LogP contribution < -0.4 is 5.32 Å². The van der Waals surface area contributed by atoms with Crippen molar-refractivity contribution in [2.75, 3.05) is 13.1 Å². The lowest BCUT2D eigenvalue weighted by Crippen LogP contribution is -2.41. The van der Waals surface area contributed by atoms with Gasteiger partial charge in [0.25, 0.3) is 0 Å². The molecule has 2 saturated heterocycles. The zero-order chi connectivity index (χ0) is 16.5. The minimum atomic E-state index is -0.277. The van der Waals surface area contributed by atoms with Crippen LogP contribution in [0.15, 0.2) is 30.2 Å². The summed E-state index contributed by atoms with van der Waals surface area (Å²) in [5.41, 5.74) is 2.06. The predicted octanol–water partition coefficient (Wildman–Crippen LogP) is 3.48. The third kappa shape index (κ3) is 3.88. The second kappa shape index (κ2) is 6.42. The van der Waals surface area contributed by atoms with Gasteiger partial charge in [-0.1, -0.05) is 36.3 Å². The lowest BCUT2D eigenvalue weighted by Gasteiger charge is -2.32. The molecular weight excluding hydrogens is 285 g/mol. The van der Waals surface area contributed by atoms with Crippen LogP contribution in [0.2, 0.25) is 0 Å². The Labute approximate surface area is 140 Å². The molecule has 124 valence electrons. The van der Waals surface area contributed by atoms with Crippen molar-refractivity contribution in [1.29, 1.82) is 0 Å². The standard InChI is InChI=1S/C19H28BNO2/c1-18(2)19(3,4)23-20(22-18)11-9-15-5-7-16(8-6-15)13-17-10-12-21-14-17/h5-9,11,17,21H,10,12-14H2,1-4H3/b11-9+. The van der Waals surface area contributed by atoms with Crippen molar-refractivity contribution >= 4 is 13.2 Å². The van der Waals surface area contributed by atoms with Gasteiger partial charge in [0.2, 0.25) is 0 Å². The Kier molecular flexibility index (Phi) is 4.68. The van der Waals surface area contributed by atoms with Gasteiger partial charge in [0.15, 0.2) is 0 Å². The summed E-state index contributed by atoms with van der Waals surface area (Å²) in [5, 5.41) is 3.43. The molecule has 0 aliphatic carbocycles. The molecule has 1 atom stereocenters. The number of nitrogens with one attached hydrogen (secondary N) is 1. The summed E-state index contributed by atoms with van der Waals surface area (Å²) in [7, 11) is -0.274. The Bertz CT molecular complexity index is 543. The van der Waals surface area contributed by atoms with Crippen molar-refractivity contribution in [2.45, 2.75) is 51.7 Å². The Morgan fingerprint density at radius 1 is 1.13 bits per heavy atom. The second-order valence-corrected chi connectivity index (χ2v) is 7.79. The van der Waals surface area contributed by atoms with Gasteiger partial charge in [-0.2, -0.15) is 0 Å². The van der Waals surface area contributed by atoms with Crippen LogP contribution in [0.5, 0.6) is 0 Å². The maximum atomic E-state index is 5.98. The molecule has 0 aromatic heterocycles. The maximum absolute atomic E-state index is 5.98. The maximum Gasteiger partial charge on any atom is 0.487 e. The van der Waals surface area contributed by atoms with E-state index in [1.165, 1.54) is 30.5 Å². The van der Waals surface area contributed by atoms with Gasteiger partial charge < -0.3 is 14.6 Å². The van der Waals surface area contributed by atoms with Gasteiger partial charge in [0.1, 0.15) is 0 Å².